The molecule has 1 saturated heterocycles. The maximum atomic E-state index is 12.1. The van der Waals surface area contributed by atoms with E-state index in [0.29, 0.717) is 19.5 Å². The van der Waals surface area contributed by atoms with Crippen molar-refractivity contribution in [2.45, 2.75) is 51.5 Å². The van der Waals surface area contributed by atoms with E-state index in [9.17, 15) is 9.59 Å². The molecular weight excluding hydrogens is 322 g/mol. The lowest BCUT2D eigenvalue weighted by Gasteiger charge is -2.37. The molecule has 0 unspecified atom stereocenters. The molecule has 138 valence electrons. The fraction of sp³-hybridized carbons (Fsp3) is 0.556. The third kappa shape index (κ3) is 6.26. The van der Waals surface area contributed by atoms with Crippen LogP contribution in [0, 0.1) is 0 Å². The summed E-state index contributed by atoms with van der Waals surface area (Å²) in [6.45, 7) is 6.48. The predicted octanol–water partition coefficient (Wildman–Crippen LogP) is 2.25. The molecule has 0 aliphatic carbocycles. The number of carbonyl (C=O) groups excluding carboxylic acids is 2. The predicted molar refractivity (Wildman–Crippen MR) is 94.0 cm³/mol. The second kappa shape index (κ2) is 8.20. The largest absolute Gasteiger partial charge is 0.445 e. The van der Waals surface area contributed by atoms with E-state index < -0.39 is 11.7 Å². The van der Waals surface area contributed by atoms with Gasteiger partial charge in [0.1, 0.15) is 12.2 Å². The van der Waals surface area contributed by atoms with Gasteiger partial charge in [-0.15, -0.1) is 0 Å². The molecule has 0 saturated carbocycles. The first kappa shape index (κ1) is 19.1. The van der Waals surface area contributed by atoms with Gasteiger partial charge in [0.05, 0.1) is 6.04 Å². The second-order valence-corrected chi connectivity index (χ2v) is 7.19. The number of nitrogens with one attached hydrogen (secondary N) is 1. The normalized spacial score (nSPS) is 20.7. The Hall–Kier alpha value is -2.28. The molecule has 0 radical (unpaired) electrons. The van der Waals surface area contributed by atoms with E-state index in [-0.39, 0.29) is 24.8 Å². The SMILES string of the molecule is CC(C)(C)OC(=O)N1CC[C@H](NC(=O)OCc2ccccc2)[C@@H](N)C1. The van der Waals surface area contributed by atoms with Gasteiger partial charge in [-0.25, -0.2) is 9.59 Å². The van der Waals surface area contributed by atoms with E-state index in [0.717, 1.165) is 5.56 Å². The first-order valence-corrected chi connectivity index (χ1v) is 8.45. The topological polar surface area (TPSA) is 93.9 Å². The number of nitrogens with two attached hydrogens (primary N) is 1. The Balaban J connectivity index is 1.77. The highest BCUT2D eigenvalue weighted by atomic mass is 16.6. The van der Waals surface area contributed by atoms with Crippen LogP contribution in [0.15, 0.2) is 30.3 Å². The molecule has 2 rings (SSSR count). The van der Waals surface area contributed by atoms with Crippen LogP contribution < -0.4 is 11.1 Å². The Kier molecular flexibility index (Phi) is 6.25. The van der Waals surface area contributed by atoms with E-state index in [1.165, 1.54) is 0 Å². The van der Waals surface area contributed by atoms with Crippen molar-refractivity contribution in [1.29, 1.82) is 0 Å². The number of likely N-dealkylation sites (tertiary alicyclic amines) is 1. The van der Waals surface area contributed by atoms with Crippen LogP contribution in [0.4, 0.5) is 9.59 Å². The van der Waals surface area contributed by atoms with Gasteiger partial charge in [0.15, 0.2) is 0 Å². The highest BCUT2D eigenvalue weighted by Gasteiger charge is 2.32. The van der Waals surface area contributed by atoms with E-state index in [1.807, 2.05) is 51.1 Å². The second-order valence-electron chi connectivity index (χ2n) is 7.19. The van der Waals surface area contributed by atoms with Gasteiger partial charge in [-0.2, -0.15) is 0 Å². The van der Waals surface area contributed by atoms with Gasteiger partial charge >= 0.3 is 12.2 Å². The van der Waals surface area contributed by atoms with Gasteiger partial charge in [0.25, 0.3) is 0 Å². The van der Waals surface area contributed by atoms with Crippen LogP contribution in [-0.4, -0.2) is 47.9 Å². The minimum atomic E-state index is -0.544. The zero-order valence-electron chi connectivity index (χ0n) is 15.0. The fourth-order valence-corrected chi connectivity index (χ4v) is 2.57. The number of ether oxygens (including phenoxy) is 2. The van der Waals surface area contributed by atoms with E-state index >= 15 is 0 Å². The Morgan fingerprint density at radius 3 is 2.56 bits per heavy atom. The van der Waals surface area contributed by atoms with Gasteiger partial charge in [-0.1, -0.05) is 30.3 Å². The van der Waals surface area contributed by atoms with E-state index in [4.69, 9.17) is 15.2 Å². The van der Waals surface area contributed by atoms with Gasteiger partial charge in [0.2, 0.25) is 0 Å². The molecule has 1 aliphatic rings. The molecule has 2 amide bonds. The molecule has 0 aromatic heterocycles. The average molecular weight is 349 g/mol. The smallest absolute Gasteiger partial charge is 0.410 e. The number of hydrogen-bond acceptors (Lipinski definition) is 5. The van der Waals surface area contributed by atoms with Crippen molar-refractivity contribution in [2.75, 3.05) is 13.1 Å². The summed E-state index contributed by atoms with van der Waals surface area (Å²) in [4.78, 5) is 25.6. The van der Waals surface area contributed by atoms with E-state index in [2.05, 4.69) is 5.32 Å². The van der Waals surface area contributed by atoms with Crippen LogP contribution in [0.3, 0.4) is 0 Å². The third-order valence-electron chi connectivity index (χ3n) is 3.83. The van der Waals surface area contributed by atoms with Gasteiger partial charge in [0, 0.05) is 19.1 Å². The molecule has 0 bridgehead atoms. The minimum Gasteiger partial charge on any atom is -0.445 e. The fourth-order valence-electron chi connectivity index (χ4n) is 2.57. The third-order valence-corrected chi connectivity index (χ3v) is 3.83. The van der Waals surface area contributed by atoms with Crippen molar-refractivity contribution in [3.8, 4) is 0 Å². The zero-order valence-corrected chi connectivity index (χ0v) is 15.0. The number of nitrogens with zero attached hydrogens (tertiary/aromatic N) is 1. The number of alkyl carbamates (subject to hydrolysis) is 1. The molecule has 1 aromatic carbocycles. The van der Waals surface area contributed by atoms with Gasteiger partial charge < -0.3 is 25.4 Å². The monoisotopic (exact) mass is 349 g/mol. The summed E-state index contributed by atoms with van der Waals surface area (Å²) in [5.74, 6) is 0. The number of carbonyl (C=O) groups is 2. The number of piperidine rings is 1. The molecule has 0 spiro atoms. The van der Waals surface area contributed by atoms with Crippen molar-refractivity contribution in [3.05, 3.63) is 35.9 Å². The van der Waals surface area contributed by atoms with Crippen molar-refractivity contribution in [2.24, 2.45) is 5.73 Å². The zero-order chi connectivity index (χ0) is 18.4. The minimum absolute atomic E-state index is 0.207. The lowest BCUT2D eigenvalue weighted by atomic mass is 10.0. The first-order valence-electron chi connectivity index (χ1n) is 8.45. The number of amides is 2. The summed E-state index contributed by atoms with van der Waals surface area (Å²) in [6.07, 6.45) is -0.330. The van der Waals surface area contributed by atoms with Crippen LogP contribution >= 0.6 is 0 Å². The van der Waals surface area contributed by atoms with Crippen LogP contribution in [0.5, 0.6) is 0 Å². The summed E-state index contributed by atoms with van der Waals surface area (Å²) in [6, 6.07) is 8.85. The standard InChI is InChI=1S/C18H27N3O4/c1-18(2,3)25-17(23)21-10-9-15(14(19)11-21)20-16(22)24-12-13-7-5-4-6-8-13/h4-8,14-15H,9-12,19H2,1-3H3,(H,20,22)/t14-,15-/m0/s1. The molecule has 7 nitrogen and oxygen atoms in total. The Morgan fingerprint density at radius 1 is 1.28 bits per heavy atom. The number of rotatable bonds is 3. The molecule has 7 heteroatoms. The van der Waals surface area contributed by atoms with Crippen LogP contribution in [0.25, 0.3) is 0 Å². The molecule has 1 heterocycles. The van der Waals surface area contributed by atoms with Crippen molar-refractivity contribution < 1.29 is 19.1 Å². The Bertz CT molecular complexity index is 586. The Labute approximate surface area is 148 Å². The lowest BCUT2D eigenvalue weighted by molar-refractivity contribution is 0.0178. The molecular formula is C18H27N3O4. The van der Waals surface area contributed by atoms with Crippen LogP contribution in [-0.2, 0) is 16.1 Å². The quantitative estimate of drug-likeness (QED) is 0.873. The average Bonchev–Trinajstić information content (AvgIpc) is 2.54. The van der Waals surface area contributed by atoms with Crippen LogP contribution in [0.2, 0.25) is 0 Å². The molecule has 3 N–H and O–H groups in total. The summed E-state index contributed by atoms with van der Waals surface area (Å²) in [5.41, 5.74) is 6.48. The Morgan fingerprint density at radius 2 is 1.96 bits per heavy atom. The highest BCUT2D eigenvalue weighted by molar-refractivity contribution is 5.69. The summed E-state index contributed by atoms with van der Waals surface area (Å²) in [5, 5.41) is 2.78. The molecule has 1 fully saturated rings. The maximum absolute atomic E-state index is 12.1. The lowest BCUT2D eigenvalue weighted by Crippen LogP contribution is -2.59. The summed E-state index contributed by atoms with van der Waals surface area (Å²) < 4.78 is 10.6. The van der Waals surface area contributed by atoms with Crippen molar-refractivity contribution in [1.82, 2.24) is 10.2 Å². The summed E-state index contributed by atoms with van der Waals surface area (Å²) in [7, 11) is 0. The number of hydrogen-bond donors (Lipinski definition) is 2. The van der Waals surface area contributed by atoms with Gasteiger partial charge in [-0.05, 0) is 32.8 Å². The van der Waals surface area contributed by atoms with Crippen molar-refractivity contribution in [3.63, 3.8) is 0 Å². The first-order chi connectivity index (χ1) is 11.7. The number of benzene rings is 1. The summed E-state index contributed by atoms with van der Waals surface area (Å²) >= 11 is 0. The molecule has 1 aliphatic heterocycles. The molecule has 2 atom stereocenters. The van der Waals surface area contributed by atoms with E-state index in [1.54, 1.807) is 4.90 Å². The van der Waals surface area contributed by atoms with Gasteiger partial charge in [-0.3, -0.25) is 0 Å². The van der Waals surface area contributed by atoms with Crippen LogP contribution in [0.1, 0.15) is 32.8 Å². The molecule has 25 heavy (non-hydrogen) atoms. The van der Waals surface area contributed by atoms with Crippen molar-refractivity contribution >= 4 is 12.2 Å². The molecule has 1 aromatic rings. The highest BCUT2D eigenvalue weighted by Crippen LogP contribution is 2.15. The maximum Gasteiger partial charge on any atom is 0.410 e.